The molecule has 1 atom stereocenters. The van der Waals surface area contributed by atoms with Gasteiger partial charge in [0.25, 0.3) is 0 Å². The molecule has 1 amide bonds. The molecular formula is C9H14N2O. The van der Waals surface area contributed by atoms with Crippen LogP contribution in [0.3, 0.4) is 0 Å². The number of rotatable bonds is 0. The summed E-state index contributed by atoms with van der Waals surface area (Å²) < 4.78 is 0. The second-order valence-electron chi connectivity index (χ2n) is 3.89. The van der Waals surface area contributed by atoms with Crippen molar-refractivity contribution in [2.24, 2.45) is 5.41 Å². The molecular weight excluding hydrogens is 152 g/mol. The van der Waals surface area contributed by atoms with Crippen molar-refractivity contribution in [2.75, 3.05) is 20.1 Å². The van der Waals surface area contributed by atoms with Crippen LogP contribution in [0.25, 0.3) is 0 Å². The highest BCUT2D eigenvalue weighted by Gasteiger charge is 2.47. The number of likely N-dealkylation sites (tertiary alicyclic amines) is 1. The van der Waals surface area contributed by atoms with Crippen molar-refractivity contribution in [1.29, 1.82) is 0 Å². The number of amides is 1. The van der Waals surface area contributed by atoms with E-state index in [2.05, 4.69) is 16.8 Å². The highest BCUT2D eigenvalue weighted by Crippen LogP contribution is 2.40. The Morgan fingerprint density at radius 3 is 2.83 bits per heavy atom. The molecule has 0 bridgehead atoms. The first kappa shape index (κ1) is 7.65. The van der Waals surface area contributed by atoms with Gasteiger partial charge in [-0.2, -0.15) is 0 Å². The second kappa shape index (κ2) is 2.25. The van der Waals surface area contributed by atoms with Crippen LogP contribution in [-0.4, -0.2) is 30.9 Å². The Hall–Kier alpha value is -0.990. The molecule has 12 heavy (non-hydrogen) atoms. The van der Waals surface area contributed by atoms with Crippen molar-refractivity contribution in [1.82, 2.24) is 10.2 Å². The van der Waals surface area contributed by atoms with Crippen LogP contribution in [0.15, 0.2) is 12.3 Å². The molecule has 2 aliphatic heterocycles. The summed E-state index contributed by atoms with van der Waals surface area (Å²) in [4.78, 5) is 13.6. The fourth-order valence-electron chi connectivity index (χ4n) is 2.18. The first-order valence-electron chi connectivity index (χ1n) is 4.31. The predicted octanol–water partition coefficient (Wildman–Crippen LogP) is 0.342. The zero-order chi connectivity index (χ0) is 8.77. The predicted molar refractivity (Wildman–Crippen MR) is 46.4 cm³/mol. The lowest BCUT2D eigenvalue weighted by Crippen LogP contribution is -2.33. The summed E-state index contributed by atoms with van der Waals surface area (Å²) in [5.41, 5.74) is 0.957. The lowest BCUT2D eigenvalue weighted by atomic mass is 9.85. The minimum atomic E-state index is -0.133. The van der Waals surface area contributed by atoms with Crippen LogP contribution in [-0.2, 0) is 4.79 Å². The maximum absolute atomic E-state index is 11.5. The first-order chi connectivity index (χ1) is 5.64. The third kappa shape index (κ3) is 0.854. The minimum absolute atomic E-state index is 0.133. The molecule has 2 aliphatic rings. The fourth-order valence-corrected chi connectivity index (χ4v) is 2.18. The molecule has 2 heterocycles. The van der Waals surface area contributed by atoms with Crippen LogP contribution in [0.4, 0.5) is 0 Å². The zero-order valence-corrected chi connectivity index (χ0v) is 7.39. The van der Waals surface area contributed by atoms with E-state index in [0.717, 1.165) is 31.6 Å². The quantitative estimate of drug-likeness (QED) is 0.563. The van der Waals surface area contributed by atoms with Crippen molar-refractivity contribution in [3.8, 4) is 0 Å². The Kier molecular flexibility index (Phi) is 1.43. The lowest BCUT2D eigenvalue weighted by Gasteiger charge is -2.18. The van der Waals surface area contributed by atoms with E-state index >= 15 is 0 Å². The van der Waals surface area contributed by atoms with Gasteiger partial charge in [0.2, 0.25) is 5.91 Å². The van der Waals surface area contributed by atoms with E-state index in [1.54, 1.807) is 0 Å². The van der Waals surface area contributed by atoms with Gasteiger partial charge in [0, 0.05) is 32.3 Å². The average molecular weight is 166 g/mol. The molecule has 1 N–H and O–H groups in total. The summed E-state index contributed by atoms with van der Waals surface area (Å²) in [5.74, 6) is 0.216. The van der Waals surface area contributed by atoms with Gasteiger partial charge in [0.05, 0.1) is 5.41 Å². The number of hydrogen-bond donors (Lipinski definition) is 1. The summed E-state index contributed by atoms with van der Waals surface area (Å²) in [6.45, 7) is 5.61. The van der Waals surface area contributed by atoms with Crippen LogP contribution in [0.5, 0.6) is 0 Å². The van der Waals surface area contributed by atoms with E-state index in [-0.39, 0.29) is 11.3 Å². The summed E-state index contributed by atoms with van der Waals surface area (Å²) in [5, 5.41) is 2.89. The third-order valence-corrected chi connectivity index (χ3v) is 2.99. The topological polar surface area (TPSA) is 32.3 Å². The molecule has 0 aliphatic carbocycles. The summed E-state index contributed by atoms with van der Waals surface area (Å²) >= 11 is 0. The molecule has 1 spiro atoms. The first-order valence-corrected chi connectivity index (χ1v) is 4.31. The number of nitrogens with one attached hydrogen (secondary N) is 1. The van der Waals surface area contributed by atoms with Gasteiger partial charge >= 0.3 is 0 Å². The molecule has 0 radical (unpaired) electrons. The van der Waals surface area contributed by atoms with Crippen LogP contribution in [0.2, 0.25) is 0 Å². The van der Waals surface area contributed by atoms with Crippen molar-refractivity contribution >= 4 is 5.91 Å². The van der Waals surface area contributed by atoms with E-state index in [0.29, 0.717) is 0 Å². The Bertz CT molecular complexity index is 249. The van der Waals surface area contributed by atoms with Gasteiger partial charge < -0.3 is 10.2 Å². The fraction of sp³-hybridized carbons (Fsp3) is 0.667. The molecule has 2 rings (SSSR count). The number of carbonyl (C=O) groups is 1. The number of nitrogens with zero attached hydrogens (tertiary/aromatic N) is 1. The van der Waals surface area contributed by atoms with Crippen molar-refractivity contribution in [2.45, 2.75) is 12.8 Å². The zero-order valence-electron chi connectivity index (χ0n) is 7.39. The van der Waals surface area contributed by atoms with Crippen LogP contribution in [0, 0.1) is 5.41 Å². The molecule has 3 nitrogen and oxygen atoms in total. The number of carbonyl (C=O) groups excluding carboxylic acids is 1. The molecule has 3 heteroatoms. The Balaban J connectivity index is 2.24. The monoisotopic (exact) mass is 166 g/mol. The SMILES string of the molecule is C=C1CC2(CCNC2=O)CN1C. The van der Waals surface area contributed by atoms with E-state index < -0.39 is 0 Å². The van der Waals surface area contributed by atoms with Gasteiger partial charge in [-0.3, -0.25) is 4.79 Å². The van der Waals surface area contributed by atoms with Gasteiger partial charge in [-0.1, -0.05) is 6.58 Å². The van der Waals surface area contributed by atoms with Gasteiger partial charge in [-0.05, 0) is 6.42 Å². The van der Waals surface area contributed by atoms with E-state index in [1.807, 2.05) is 7.05 Å². The summed E-state index contributed by atoms with van der Waals surface area (Å²) in [6, 6.07) is 0. The van der Waals surface area contributed by atoms with Crippen LogP contribution >= 0.6 is 0 Å². The number of allylic oxidation sites excluding steroid dienone is 1. The molecule has 2 fully saturated rings. The maximum atomic E-state index is 11.5. The summed E-state index contributed by atoms with van der Waals surface area (Å²) in [6.07, 6.45) is 1.81. The van der Waals surface area contributed by atoms with E-state index in [1.165, 1.54) is 0 Å². The largest absolute Gasteiger partial charge is 0.377 e. The standard InChI is InChI=1S/C9H14N2O/c1-7-5-9(6-11(7)2)3-4-10-8(9)12/h1,3-6H2,2H3,(H,10,12). The van der Waals surface area contributed by atoms with Crippen molar-refractivity contribution in [3.63, 3.8) is 0 Å². The molecule has 1 unspecified atom stereocenters. The lowest BCUT2D eigenvalue weighted by molar-refractivity contribution is -0.126. The van der Waals surface area contributed by atoms with Gasteiger partial charge in [-0.25, -0.2) is 0 Å². The van der Waals surface area contributed by atoms with Gasteiger partial charge in [0.1, 0.15) is 0 Å². The van der Waals surface area contributed by atoms with E-state index in [4.69, 9.17) is 0 Å². The highest BCUT2D eigenvalue weighted by atomic mass is 16.2. The van der Waals surface area contributed by atoms with Gasteiger partial charge in [0.15, 0.2) is 0 Å². The second-order valence-corrected chi connectivity index (χ2v) is 3.89. The molecule has 0 aromatic carbocycles. The molecule has 66 valence electrons. The molecule has 2 saturated heterocycles. The van der Waals surface area contributed by atoms with E-state index in [9.17, 15) is 4.79 Å². The third-order valence-electron chi connectivity index (χ3n) is 2.99. The number of hydrogen-bond acceptors (Lipinski definition) is 2. The smallest absolute Gasteiger partial charge is 0.228 e. The average Bonchev–Trinajstić information content (AvgIpc) is 2.45. The summed E-state index contributed by atoms with van der Waals surface area (Å²) in [7, 11) is 2.00. The normalized spacial score (nSPS) is 34.9. The highest BCUT2D eigenvalue weighted by molar-refractivity contribution is 5.85. The molecule has 0 saturated carbocycles. The van der Waals surface area contributed by atoms with Crippen LogP contribution in [0.1, 0.15) is 12.8 Å². The Morgan fingerprint density at radius 2 is 2.42 bits per heavy atom. The maximum Gasteiger partial charge on any atom is 0.228 e. The molecule has 0 aromatic rings. The van der Waals surface area contributed by atoms with Gasteiger partial charge in [-0.15, -0.1) is 0 Å². The Morgan fingerprint density at radius 1 is 1.67 bits per heavy atom. The Labute approximate surface area is 72.4 Å². The van der Waals surface area contributed by atoms with Crippen molar-refractivity contribution < 1.29 is 4.79 Å². The van der Waals surface area contributed by atoms with Crippen molar-refractivity contribution in [3.05, 3.63) is 12.3 Å². The minimum Gasteiger partial charge on any atom is -0.377 e. The van der Waals surface area contributed by atoms with Crippen LogP contribution < -0.4 is 5.32 Å². The molecule has 0 aromatic heterocycles.